The van der Waals surface area contributed by atoms with Crippen LogP contribution in [0.5, 0.6) is 0 Å². The summed E-state index contributed by atoms with van der Waals surface area (Å²) in [4.78, 5) is 7.28. The Morgan fingerprint density at radius 2 is 2.16 bits per heavy atom. The number of rotatable bonds is 2. The van der Waals surface area contributed by atoms with Gasteiger partial charge < -0.3 is 10.1 Å². The largest absolute Gasteiger partial charge is 0.392 e. The molecule has 0 aliphatic rings. The number of aromatic nitrogens is 2. The Bertz CT molecular complexity index is 783. The summed E-state index contributed by atoms with van der Waals surface area (Å²) in [5, 5.41) is 19.0. The van der Waals surface area contributed by atoms with Crippen LogP contribution in [-0.4, -0.2) is 15.1 Å². The minimum atomic E-state index is 0.0110. The second kappa shape index (κ2) is 4.56. The lowest BCUT2D eigenvalue weighted by Crippen LogP contribution is -1.86. The first-order chi connectivity index (χ1) is 9.31. The van der Waals surface area contributed by atoms with Gasteiger partial charge in [-0.1, -0.05) is 18.2 Å². The zero-order valence-electron chi connectivity index (χ0n) is 10.1. The van der Waals surface area contributed by atoms with Crippen LogP contribution in [0.25, 0.3) is 22.2 Å². The van der Waals surface area contributed by atoms with Crippen molar-refractivity contribution in [2.75, 3.05) is 0 Å². The Morgan fingerprint density at radius 3 is 2.95 bits per heavy atom. The number of hydrogen-bond acceptors (Lipinski definition) is 3. The van der Waals surface area contributed by atoms with Crippen molar-refractivity contribution in [3.8, 4) is 17.2 Å². The third-order valence-electron chi connectivity index (χ3n) is 3.09. The maximum atomic E-state index is 9.17. The number of H-pyrrole nitrogens is 1. The second-order valence-electron chi connectivity index (χ2n) is 4.29. The van der Waals surface area contributed by atoms with E-state index in [1.807, 2.05) is 30.3 Å². The van der Waals surface area contributed by atoms with Gasteiger partial charge in [-0.2, -0.15) is 5.26 Å². The van der Waals surface area contributed by atoms with Crippen LogP contribution in [0.2, 0.25) is 0 Å². The zero-order valence-corrected chi connectivity index (χ0v) is 10.1. The molecule has 0 atom stereocenters. The summed E-state index contributed by atoms with van der Waals surface area (Å²) in [5.74, 6) is 0. The van der Waals surface area contributed by atoms with Gasteiger partial charge in [-0.25, -0.2) is 4.98 Å². The summed E-state index contributed by atoms with van der Waals surface area (Å²) in [6, 6.07) is 11.7. The Labute approximate surface area is 110 Å². The van der Waals surface area contributed by atoms with E-state index < -0.39 is 0 Å². The van der Waals surface area contributed by atoms with Gasteiger partial charge in [0.15, 0.2) is 0 Å². The number of aliphatic hydroxyl groups is 1. The third kappa shape index (κ3) is 1.96. The Hall–Kier alpha value is -2.64. The standard InChI is InChI=1S/C15H11N3O/c16-6-13-8-18-15-14(13)5-12(7-17-15)11-3-1-2-10(4-11)9-19/h1-5,7-8,19H,9H2,(H,17,18). The highest BCUT2D eigenvalue weighted by atomic mass is 16.3. The van der Waals surface area contributed by atoms with Crippen LogP contribution in [0.4, 0.5) is 0 Å². The summed E-state index contributed by atoms with van der Waals surface area (Å²) in [6.45, 7) is 0.0110. The first kappa shape index (κ1) is 11.5. The molecule has 0 fully saturated rings. The molecule has 19 heavy (non-hydrogen) atoms. The zero-order chi connectivity index (χ0) is 13.2. The fourth-order valence-corrected chi connectivity index (χ4v) is 2.10. The van der Waals surface area contributed by atoms with Crippen LogP contribution in [0, 0.1) is 11.3 Å². The maximum absolute atomic E-state index is 9.17. The topological polar surface area (TPSA) is 72.7 Å². The highest BCUT2D eigenvalue weighted by Crippen LogP contribution is 2.25. The van der Waals surface area contributed by atoms with Crippen LogP contribution in [0.15, 0.2) is 42.7 Å². The van der Waals surface area contributed by atoms with Gasteiger partial charge in [0.05, 0.1) is 12.2 Å². The number of pyridine rings is 1. The van der Waals surface area contributed by atoms with Gasteiger partial charge in [0, 0.05) is 23.3 Å². The first-order valence-electron chi connectivity index (χ1n) is 5.89. The fourth-order valence-electron chi connectivity index (χ4n) is 2.10. The van der Waals surface area contributed by atoms with Gasteiger partial charge in [0.25, 0.3) is 0 Å². The van der Waals surface area contributed by atoms with Gasteiger partial charge in [-0.3, -0.25) is 0 Å². The number of aliphatic hydroxyl groups excluding tert-OH is 1. The van der Waals surface area contributed by atoms with Crippen LogP contribution < -0.4 is 0 Å². The van der Waals surface area contributed by atoms with Crippen molar-refractivity contribution in [2.24, 2.45) is 0 Å². The van der Waals surface area contributed by atoms with E-state index in [2.05, 4.69) is 16.0 Å². The number of nitrogens with one attached hydrogen (secondary N) is 1. The molecule has 4 heteroatoms. The minimum Gasteiger partial charge on any atom is -0.392 e. The normalized spacial score (nSPS) is 10.5. The summed E-state index contributed by atoms with van der Waals surface area (Å²) in [7, 11) is 0. The molecule has 3 rings (SSSR count). The van der Waals surface area contributed by atoms with Gasteiger partial charge in [-0.05, 0) is 23.3 Å². The molecule has 92 valence electrons. The molecule has 2 heterocycles. The Balaban J connectivity index is 2.17. The molecule has 0 spiro atoms. The quantitative estimate of drug-likeness (QED) is 0.733. The van der Waals surface area contributed by atoms with Crippen molar-refractivity contribution >= 4 is 11.0 Å². The molecule has 0 saturated heterocycles. The average molecular weight is 249 g/mol. The predicted molar refractivity (Wildman–Crippen MR) is 72.2 cm³/mol. The molecule has 1 aromatic carbocycles. The molecular formula is C15H11N3O. The van der Waals surface area contributed by atoms with Gasteiger partial charge in [0.1, 0.15) is 11.7 Å². The van der Waals surface area contributed by atoms with Crippen molar-refractivity contribution in [3.63, 3.8) is 0 Å². The van der Waals surface area contributed by atoms with Crippen molar-refractivity contribution < 1.29 is 5.11 Å². The van der Waals surface area contributed by atoms with Crippen LogP contribution in [-0.2, 0) is 6.61 Å². The van der Waals surface area contributed by atoms with Crippen LogP contribution >= 0.6 is 0 Å². The number of fused-ring (bicyclic) bond motifs is 1. The third-order valence-corrected chi connectivity index (χ3v) is 3.09. The monoisotopic (exact) mass is 249 g/mol. The van der Waals surface area contributed by atoms with E-state index in [0.717, 1.165) is 22.1 Å². The summed E-state index contributed by atoms with van der Waals surface area (Å²) in [5.41, 5.74) is 4.05. The highest BCUT2D eigenvalue weighted by Gasteiger charge is 2.06. The lowest BCUT2D eigenvalue weighted by Gasteiger charge is -2.03. The van der Waals surface area contributed by atoms with Gasteiger partial charge >= 0.3 is 0 Å². The molecule has 0 aliphatic heterocycles. The summed E-state index contributed by atoms with van der Waals surface area (Å²) >= 11 is 0. The number of nitrogens with zero attached hydrogens (tertiary/aromatic N) is 2. The molecule has 0 radical (unpaired) electrons. The Morgan fingerprint density at radius 1 is 1.26 bits per heavy atom. The minimum absolute atomic E-state index is 0.0110. The molecule has 3 aromatic rings. The predicted octanol–water partition coefficient (Wildman–Crippen LogP) is 2.59. The maximum Gasteiger partial charge on any atom is 0.138 e. The smallest absolute Gasteiger partial charge is 0.138 e. The van der Waals surface area contributed by atoms with Crippen molar-refractivity contribution in [1.29, 1.82) is 5.26 Å². The highest BCUT2D eigenvalue weighted by molar-refractivity contribution is 5.86. The SMILES string of the molecule is N#Cc1c[nH]c2ncc(-c3cccc(CO)c3)cc12. The molecule has 0 unspecified atom stereocenters. The van der Waals surface area contributed by atoms with E-state index in [1.165, 1.54) is 0 Å². The first-order valence-corrected chi connectivity index (χ1v) is 5.89. The summed E-state index contributed by atoms with van der Waals surface area (Å²) in [6.07, 6.45) is 3.42. The lowest BCUT2D eigenvalue weighted by molar-refractivity contribution is 0.282. The molecular weight excluding hydrogens is 238 g/mol. The van der Waals surface area contributed by atoms with Crippen molar-refractivity contribution in [3.05, 3.63) is 53.9 Å². The number of hydrogen-bond donors (Lipinski definition) is 2. The van der Waals surface area contributed by atoms with E-state index in [0.29, 0.717) is 11.2 Å². The van der Waals surface area contributed by atoms with E-state index in [1.54, 1.807) is 12.4 Å². The van der Waals surface area contributed by atoms with Gasteiger partial charge in [-0.15, -0.1) is 0 Å². The number of benzene rings is 1. The number of aromatic amines is 1. The molecule has 4 nitrogen and oxygen atoms in total. The van der Waals surface area contributed by atoms with E-state index in [4.69, 9.17) is 10.4 Å². The van der Waals surface area contributed by atoms with Crippen LogP contribution in [0.1, 0.15) is 11.1 Å². The molecule has 2 aromatic heterocycles. The van der Waals surface area contributed by atoms with Crippen LogP contribution in [0.3, 0.4) is 0 Å². The van der Waals surface area contributed by atoms with Crippen molar-refractivity contribution in [1.82, 2.24) is 9.97 Å². The average Bonchev–Trinajstić information content (AvgIpc) is 2.89. The van der Waals surface area contributed by atoms with E-state index in [9.17, 15) is 0 Å². The van der Waals surface area contributed by atoms with Gasteiger partial charge in [0.2, 0.25) is 0 Å². The molecule has 0 saturated carbocycles. The molecule has 0 bridgehead atoms. The molecule has 0 aliphatic carbocycles. The lowest BCUT2D eigenvalue weighted by atomic mass is 10.0. The number of nitriles is 1. The second-order valence-corrected chi connectivity index (χ2v) is 4.29. The van der Waals surface area contributed by atoms with E-state index in [-0.39, 0.29) is 6.61 Å². The fraction of sp³-hybridized carbons (Fsp3) is 0.0667. The Kier molecular flexibility index (Phi) is 2.75. The van der Waals surface area contributed by atoms with Crippen molar-refractivity contribution in [2.45, 2.75) is 6.61 Å². The van der Waals surface area contributed by atoms with E-state index >= 15 is 0 Å². The molecule has 2 N–H and O–H groups in total. The molecule has 0 amide bonds. The summed E-state index contributed by atoms with van der Waals surface area (Å²) < 4.78 is 0.